The Labute approximate surface area is 80.9 Å². The monoisotopic (exact) mass is 215 g/mol. The number of rotatable bonds is 5. The lowest BCUT2D eigenvalue weighted by molar-refractivity contribution is -0.202. The summed E-state index contributed by atoms with van der Waals surface area (Å²) >= 11 is 0. The number of hydrogen-bond donors (Lipinski definition) is 3. The van der Waals surface area contributed by atoms with Crippen molar-refractivity contribution < 1.29 is 23.4 Å². The molecule has 0 aliphatic heterocycles. The van der Waals surface area contributed by atoms with Crippen molar-refractivity contribution in [2.75, 3.05) is 13.2 Å². The van der Waals surface area contributed by atoms with Crippen LogP contribution in [0.1, 0.15) is 20.3 Å². The molecule has 0 spiro atoms. The number of nitrogens with one attached hydrogen (secondary N) is 1. The van der Waals surface area contributed by atoms with E-state index in [1.165, 1.54) is 0 Å². The van der Waals surface area contributed by atoms with Gasteiger partial charge in [0.25, 0.3) is 0 Å². The lowest BCUT2D eigenvalue weighted by Crippen LogP contribution is -2.47. The van der Waals surface area contributed by atoms with Gasteiger partial charge in [-0.05, 0) is 20.3 Å². The van der Waals surface area contributed by atoms with Gasteiger partial charge in [-0.25, -0.2) is 0 Å². The summed E-state index contributed by atoms with van der Waals surface area (Å²) in [5.41, 5.74) is -0.610. The highest BCUT2D eigenvalue weighted by Gasteiger charge is 2.38. The van der Waals surface area contributed by atoms with Crippen molar-refractivity contribution in [3.8, 4) is 0 Å². The average molecular weight is 215 g/mol. The maximum absolute atomic E-state index is 11.9. The maximum atomic E-state index is 11.9. The molecule has 0 radical (unpaired) electrons. The van der Waals surface area contributed by atoms with E-state index in [1.54, 1.807) is 13.8 Å². The van der Waals surface area contributed by atoms with Crippen LogP contribution in [-0.2, 0) is 0 Å². The van der Waals surface area contributed by atoms with Gasteiger partial charge in [0, 0.05) is 18.7 Å². The molecule has 0 saturated heterocycles. The van der Waals surface area contributed by atoms with E-state index in [-0.39, 0.29) is 6.61 Å². The zero-order valence-corrected chi connectivity index (χ0v) is 8.23. The standard InChI is InChI=1S/C8H16F3NO2/c1-7(2,3-4-13)12-5-6(14)8(9,10)11/h6,12-14H,3-5H2,1-2H3. The van der Waals surface area contributed by atoms with Gasteiger partial charge in [0.15, 0.2) is 6.10 Å². The smallest absolute Gasteiger partial charge is 0.396 e. The summed E-state index contributed by atoms with van der Waals surface area (Å²) < 4.78 is 35.6. The van der Waals surface area contributed by atoms with Crippen LogP contribution in [0.2, 0.25) is 0 Å². The second-order valence-corrected chi connectivity index (χ2v) is 3.80. The summed E-state index contributed by atoms with van der Waals surface area (Å²) in [5.74, 6) is 0. The molecule has 0 rings (SSSR count). The normalized spacial score (nSPS) is 15.6. The Morgan fingerprint density at radius 2 is 1.79 bits per heavy atom. The second kappa shape index (κ2) is 4.95. The second-order valence-electron chi connectivity index (χ2n) is 3.80. The molecule has 0 aromatic carbocycles. The Balaban J connectivity index is 3.93. The SMILES string of the molecule is CC(C)(CCO)NCC(O)C(F)(F)F. The van der Waals surface area contributed by atoms with Crippen molar-refractivity contribution in [3.05, 3.63) is 0 Å². The maximum Gasteiger partial charge on any atom is 0.415 e. The first-order valence-electron chi connectivity index (χ1n) is 4.30. The first kappa shape index (κ1) is 13.7. The molecule has 3 N–H and O–H groups in total. The van der Waals surface area contributed by atoms with E-state index in [4.69, 9.17) is 10.2 Å². The molecule has 1 atom stereocenters. The zero-order valence-electron chi connectivity index (χ0n) is 8.23. The summed E-state index contributed by atoms with van der Waals surface area (Å²) in [6.45, 7) is 2.65. The van der Waals surface area contributed by atoms with E-state index >= 15 is 0 Å². The van der Waals surface area contributed by atoms with E-state index < -0.39 is 24.4 Å². The van der Waals surface area contributed by atoms with Crippen LogP contribution in [0.15, 0.2) is 0 Å². The molecule has 0 aromatic heterocycles. The lowest BCUT2D eigenvalue weighted by atomic mass is 10.0. The lowest BCUT2D eigenvalue weighted by Gasteiger charge is -2.27. The molecule has 0 saturated carbocycles. The number of aliphatic hydroxyl groups is 2. The third kappa shape index (κ3) is 5.41. The molecule has 0 bridgehead atoms. The van der Waals surface area contributed by atoms with Crippen molar-refractivity contribution in [2.24, 2.45) is 0 Å². The first-order valence-corrected chi connectivity index (χ1v) is 4.30. The summed E-state index contributed by atoms with van der Waals surface area (Å²) in [5, 5.41) is 19.8. The van der Waals surface area contributed by atoms with Gasteiger partial charge in [-0.2, -0.15) is 13.2 Å². The van der Waals surface area contributed by atoms with Gasteiger partial charge < -0.3 is 15.5 Å². The van der Waals surface area contributed by atoms with Crippen LogP contribution in [0.4, 0.5) is 13.2 Å². The number of β-amino-alcohol motifs (C(OH)–C–C–N with tert-alkyl or cyclic N) is 1. The molecule has 86 valence electrons. The quantitative estimate of drug-likeness (QED) is 0.631. The summed E-state index contributed by atoms with van der Waals surface area (Å²) in [6.07, 6.45) is -6.62. The predicted octanol–water partition coefficient (Wildman–Crippen LogP) is 0.660. The molecule has 0 heterocycles. The Bertz CT molecular complexity index is 170. The molecule has 1 unspecified atom stereocenters. The van der Waals surface area contributed by atoms with Gasteiger partial charge in [-0.3, -0.25) is 0 Å². The van der Waals surface area contributed by atoms with Gasteiger partial charge in [0.05, 0.1) is 0 Å². The first-order chi connectivity index (χ1) is 6.19. The zero-order chi connectivity index (χ0) is 11.4. The van der Waals surface area contributed by atoms with Crippen LogP contribution >= 0.6 is 0 Å². The topological polar surface area (TPSA) is 52.5 Å². The molecule has 14 heavy (non-hydrogen) atoms. The Kier molecular flexibility index (Phi) is 4.83. The van der Waals surface area contributed by atoms with Crippen LogP contribution in [-0.4, -0.2) is 41.2 Å². The van der Waals surface area contributed by atoms with E-state index in [1.807, 2.05) is 0 Å². The molecular weight excluding hydrogens is 199 g/mol. The molecular formula is C8H16F3NO2. The Morgan fingerprint density at radius 3 is 2.14 bits per heavy atom. The third-order valence-electron chi connectivity index (χ3n) is 1.89. The summed E-state index contributed by atoms with van der Waals surface area (Å²) in [6, 6.07) is 0. The fourth-order valence-electron chi connectivity index (χ4n) is 0.857. The van der Waals surface area contributed by atoms with E-state index in [2.05, 4.69) is 5.32 Å². The minimum atomic E-state index is -4.59. The molecule has 0 fully saturated rings. The van der Waals surface area contributed by atoms with Gasteiger partial charge in [0.2, 0.25) is 0 Å². The van der Waals surface area contributed by atoms with E-state index in [0.717, 1.165) is 0 Å². The molecule has 3 nitrogen and oxygen atoms in total. The number of halogens is 3. The predicted molar refractivity (Wildman–Crippen MR) is 45.8 cm³/mol. The Morgan fingerprint density at radius 1 is 1.29 bits per heavy atom. The van der Waals surface area contributed by atoms with E-state index in [0.29, 0.717) is 6.42 Å². The van der Waals surface area contributed by atoms with Gasteiger partial charge in [-0.1, -0.05) is 0 Å². The summed E-state index contributed by atoms with van der Waals surface area (Å²) in [4.78, 5) is 0. The average Bonchev–Trinajstić information content (AvgIpc) is 1.98. The van der Waals surface area contributed by atoms with Crippen molar-refractivity contribution in [2.45, 2.75) is 38.1 Å². The van der Waals surface area contributed by atoms with Crippen LogP contribution < -0.4 is 5.32 Å². The van der Waals surface area contributed by atoms with Crippen molar-refractivity contribution in [1.29, 1.82) is 0 Å². The minimum absolute atomic E-state index is 0.109. The number of alkyl halides is 3. The Hall–Kier alpha value is -0.330. The van der Waals surface area contributed by atoms with Gasteiger partial charge in [-0.15, -0.1) is 0 Å². The van der Waals surface area contributed by atoms with Crippen LogP contribution in [0, 0.1) is 0 Å². The van der Waals surface area contributed by atoms with Crippen LogP contribution in [0.3, 0.4) is 0 Å². The highest BCUT2D eigenvalue weighted by atomic mass is 19.4. The fourth-order valence-corrected chi connectivity index (χ4v) is 0.857. The summed E-state index contributed by atoms with van der Waals surface area (Å²) in [7, 11) is 0. The van der Waals surface area contributed by atoms with Gasteiger partial charge in [0.1, 0.15) is 0 Å². The third-order valence-corrected chi connectivity index (χ3v) is 1.89. The van der Waals surface area contributed by atoms with Crippen molar-refractivity contribution in [1.82, 2.24) is 5.32 Å². The minimum Gasteiger partial charge on any atom is -0.396 e. The highest BCUT2D eigenvalue weighted by Crippen LogP contribution is 2.20. The molecule has 0 amide bonds. The van der Waals surface area contributed by atoms with Crippen LogP contribution in [0.25, 0.3) is 0 Å². The molecule has 6 heteroatoms. The number of hydrogen-bond acceptors (Lipinski definition) is 3. The molecule has 0 aliphatic rings. The van der Waals surface area contributed by atoms with Crippen LogP contribution in [0.5, 0.6) is 0 Å². The van der Waals surface area contributed by atoms with Gasteiger partial charge >= 0.3 is 6.18 Å². The molecule has 0 aliphatic carbocycles. The largest absolute Gasteiger partial charge is 0.415 e. The highest BCUT2D eigenvalue weighted by molar-refractivity contribution is 4.80. The van der Waals surface area contributed by atoms with Crippen molar-refractivity contribution in [3.63, 3.8) is 0 Å². The molecule has 0 aromatic rings. The van der Waals surface area contributed by atoms with Crippen molar-refractivity contribution >= 4 is 0 Å². The number of aliphatic hydroxyl groups excluding tert-OH is 2. The van der Waals surface area contributed by atoms with E-state index in [9.17, 15) is 13.2 Å². The fraction of sp³-hybridized carbons (Fsp3) is 1.00.